The van der Waals surface area contributed by atoms with Crippen molar-refractivity contribution in [1.29, 1.82) is 0 Å². The Morgan fingerprint density at radius 3 is 2.34 bits per heavy atom. The quantitative estimate of drug-likeness (QED) is 0.468. The molecule has 0 saturated carbocycles. The summed E-state index contributed by atoms with van der Waals surface area (Å²) in [5.41, 5.74) is 5.80. The topological polar surface area (TPSA) is 80.8 Å². The maximum atomic E-state index is 11.8. The van der Waals surface area contributed by atoms with Crippen LogP contribution in [0.3, 0.4) is 0 Å². The van der Waals surface area contributed by atoms with E-state index in [4.69, 9.17) is 32.7 Å². The highest BCUT2D eigenvalue weighted by Gasteiger charge is 2.28. The molecule has 0 aromatic carbocycles. The summed E-state index contributed by atoms with van der Waals surface area (Å²) < 4.78 is 9.63. The summed E-state index contributed by atoms with van der Waals surface area (Å²) in [5.74, 6) is -0.600. The zero-order valence-corrected chi connectivity index (χ0v) is 20.6. The molecule has 3 rings (SSSR count). The number of thiophene rings is 1. The van der Waals surface area contributed by atoms with Gasteiger partial charge in [-0.25, -0.2) is 4.99 Å². The first kappa shape index (κ1) is 24.3. The molecule has 32 heavy (non-hydrogen) atoms. The number of rotatable bonds is 8. The SMILES string of the molecule is COC(=O)CCC1=C(C)C(Cl)=N/C1=C(/c1cccs1)c1[nH]c(Cl)c(C)c1CCC(=O)OC. The summed E-state index contributed by atoms with van der Waals surface area (Å²) in [5, 5.41) is 2.87. The van der Waals surface area contributed by atoms with Gasteiger partial charge in [0.25, 0.3) is 0 Å². The molecule has 0 unspecified atom stereocenters. The molecule has 0 atom stereocenters. The molecular formula is C23H24Cl2N2O4S. The number of methoxy groups -OCH3 is 2. The van der Waals surface area contributed by atoms with Gasteiger partial charge in [0.1, 0.15) is 10.3 Å². The van der Waals surface area contributed by atoms with Gasteiger partial charge in [-0.3, -0.25) is 9.59 Å². The second kappa shape index (κ2) is 10.5. The summed E-state index contributed by atoms with van der Waals surface area (Å²) in [6.45, 7) is 3.80. The Kier molecular flexibility index (Phi) is 7.98. The van der Waals surface area contributed by atoms with E-state index < -0.39 is 0 Å². The van der Waals surface area contributed by atoms with Crippen molar-refractivity contribution in [3.63, 3.8) is 0 Å². The van der Waals surface area contributed by atoms with E-state index in [2.05, 4.69) is 9.98 Å². The van der Waals surface area contributed by atoms with Crippen molar-refractivity contribution in [2.45, 2.75) is 39.5 Å². The monoisotopic (exact) mass is 494 g/mol. The molecule has 0 aliphatic carbocycles. The van der Waals surface area contributed by atoms with Crippen molar-refractivity contribution < 1.29 is 19.1 Å². The van der Waals surface area contributed by atoms with Gasteiger partial charge in [0.05, 0.1) is 25.6 Å². The Labute approximate surface area is 200 Å². The van der Waals surface area contributed by atoms with Gasteiger partial charge < -0.3 is 14.5 Å². The zero-order chi connectivity index (χ0) is 23.4. The molecule has 6 nitrogen and oxygen atoms in total. The van der Waals surface area contributed by atoms with Gasteiger partial charge in [0.15, 0.2) is 0 Å². The van der Waals surface area contributed by atoms with Gasteiger partial charge in [-0.05, 0) is 60.4 Å². The van der Waals surface area contributed by atoms with Crippen LogP contribution in [0.25, 0.3) is 5.57 Å². The molecule has 2 aromatic heterocycles. The summed E-state index contributed by atoms with van der Waals surface area (Å²) in [4.78, 5) is 32.6. The Morgan fingerprint density at radius 2 is 1.75 bits per heavy atom. The fraction of sp³-hybridized carbons (Fsp3) is 0.348. The lowest BCUT2D eigenvalue weighted by atomic mass is 9.94. The highest BCUT2D eigenvalue weighted by atomic mass is 35.5. The second-order valence-corrected chi connectivity index (χ2v) is 8.96. The number of esters is 2. The van der Waals surface area contributed by atoms with E-state index in [9.17, 15) is 9.59 Å². The average Bonchev–Trinajstić information content (AvgIpc) is 3.47. The molecule has 0 amide bonds. The van der Waals surface area contributed by atoms with Gasteiger partial charge in [-0.15, -0.1) is 11.3 Å². The van der Waals surface area contributed by atoms with Crippen LogP contribution in [0.4, 0.5) is 0 Å². The summed E-state index contributed by atoms with van der Waals surface area (Å²) in [7, 11) is 2.74. The lowest BCUT2D eigenvalue weighted by Gasteiger charge is -2.14. The first-order valence-corrected chi connectivity index (χ1v) is 11.7. The number of nitrogens with zero attached hydrogens (tertiary/aromatic N) is 1. The number of H-pyrrole nitrogens is 1. The van der Waals surface area contributed by atoms with E-state index in [0.717, 1.165) is 38.4 Å². The Balaban J connectivity index is 2.19. The molecule has 0 fully saturated rings. The lowest BCUT2D eigenvalue weighted by molar-refractivity contribution is -0.141. The first-order valence-electron chi connectivity index (χ1n) is 10.0. The van der Waals surface area contributed by atoms with E-state index in [-0.39, 0.29) is 24.8 Å². The third-order valence-corrected chi connectivity index (χ3v) is 7.08. The van der Waals surface area contributed by atoms with Gasteiger partial charge in [-0.1, -0.05) is 29.3 Å². The smallest absolute Gasteiger partial charge is 0.305 e. The van der Waals surface area contributed by atoms with Crippen LogP contribution in [0.2, 0.25) is 5.15 Å². The fourth-order valence-electron chi connectivity index (χ4n) is 3.63. The first-order chi connectivity index (χ1) is 15.3. The molecule has 0 spiro atoms. The molecule has 1 aliphatic heterocycles. The number of halogens is 2. The number of allylic oxidation sites excluding steroid dienone is 2. The van der Waals surface area contributed by atoms with Crippen LogP contribution in [-0.4, -0.2) is 36.3 Å². The van der Waals surface area contributed by atoms with E-state index in [1.165, 1.54) is 14.2 Å². The number of ether oxygens (including phenoxy) is 2. The summed E-state index contributed by atoms with van der Waals surface area (Å²) in [6.07, 6.45) is 1.33. The van der Waals surface area contributed by atoms with Crippen molar-refractivity contribution in [3.8, 4) is 0 Å². The van der Waals surface area contributed by atoms with Gasteiger partial charge >= 0.3 is 11.9 Å². The summed E-state index contributed by atoms with van der Waals surface area (Å²) in [6, 6.07) is 3.95. The number of hydrogen-bond acceptors (Lipinski definition) is 6. The molecule has 2 aromatic rings. The van der Waals surface area contributed by atoms with Gasteiger partial charge in [0.2, 0.25) is 0 Å². The van der Waals surface area contributed by atoms with E-state index in [1.807, 2.05) is 31.4 Å². The number of carbonyl (C=O) groups excluding carboxylic acids is 2. The van der Waals surface area contributed by atoms with Gasteiger partial charge in [0, 0.05) is 23.3 Å². The van der Waals surface area contributed by atoms with Crippen molar-refractivity contribution in [2.75, 3.05) is 14.2 Å². The fourth-order valence-corrected chi connectivity index (χ4v) is 4.81. The lowest BCUT2D eigenvalue weighted by Crippen LogP contribution is -2.05. The van der Waals surface area contributed by atoms with Crippen LogP contribution in [0.5, 0.6) is 0 Å². The normalized spacial score (nSPS) is 15.1. The minimum absolute atomic E-state index is 0.212. The van der Waals surface area contributed by atoms with Gasteiger partial charge in [-0.2, -0.15) is 0 Å². The highest BCUT2D eigenvalue weighted by molar-refractivity contribution is 7.11. The van der Waals surface area contributed by atoms with E-state index in [0.29, 0.717) is 28.9 Å². The Morgan fingerprint density at radius 1 is 1.09 bits per heavy atom. The Hall–Kier alpha value is -2.35. The van der Waals surface area contributed by atoms with Crippen molar-refractivity contribution >= 4 is 57.2 Å². The molecule has 0 radical (unpaired) electrons. The number of nitrogens with one attached hydrogen (secondary N) is 1. The highest BCUT2D eigenvalue weighted by Crippen LogP contribution is 2.42. The molecule has 0 bridgehead atoms. The molecular weight excluding hydrogens is 471 g/mol. The predicted octanol–water partition coefficient (Wildman–Crippen LogP) is 5.82. The van der Waals surface area contributed by atoms with Crippen molar-refractivity contribution in [1.82, 2.24) is 4.98 Å². The number of carbonyl (C=O) groups is 2. The molecule has 0 saturated heterocycles. The molecule has 1 aliphatic rings. The van der Waals surface area contributed by atoms with E-state index in [1.54, 1.807) is 11.3 Å². The third kappa shape index (κ3) is 5.00. The number of hydrogen-bond donors (Lipinski definition) is 1. The van der Waals surface area contributed by atoms with Crippen LogP contribution < -0.4 is 0 Å². The predicted molar refractivity (Wildman–Crippen MR) is 128 cm³/mol. The zero-order valence-electron chi connectivity index (χ0n) is 18.3. The maximum absolute atomic E-state index is 11.8. The molecule has 9 heteroatoms. The van der Waals surface area contributed by atoms with Crippen molar-refractivity contribution in [3.05, 3.63) is 61.2 Å². The average molecular weight is 495 g/mol. The van der Waals surface area contributed by atoms with Crippen LogP contribution in [0.1, 0.15) is 47.9 Å². The minimum atomic E-state index is -0.303. The summed E-state index contributed by atoms with van der Waals surface area (Å²) >= 11 is 14.5. The maximum Gasteiger partial charge on any atom is 0.305 e. The largest absolute Gasteiger partial charge is 0.469 e. The van der Waals surface area contributed by atoms with Crippen LogP contribution in [0.15, 0.2) is 39.3 Å². The van der Waals surface area contributed by atoms with E-state index >= 15 is 0 Å². The minimum Gasteiger partial charge on any atom is -0.469 e. The standard InChI is InChI=1S/C23H24Cl2N2O4S/c1-12-14(7-9-17(28)30-3)20(26-22(12)24)19(16-6-5-11-32-16)21-15(8-10-18(29)31-4)13(2)23(25)27-21/h5-6,11,26H,7-10H2,1-4H3/b21-19-. The van der Waals surface area contributed by atoms with Crippen molar-refractivity contribution in [2.24, 2.45) is 4.99 Å². The van der Waals surface area contributed by atoms with Crippen LogP contribution in [-0.2, 0) is 25.5 Å². The Bertz CT molecular complexity index is 1130. The number of aromatic nitrogens is 1. The molecule has 170 valence electrons. The molecule has 1 N–H and O–H groups in total. The number of aliphatic imine (C=N–C) groups is 1. The second-order valence-electron chi connectivity index (χ2n) is 7.28. The van der Waals surface area contributed by atoms with Crippen LogP contribution >= 0.6 is 34.5 Å². The number of aromatic amines is 1. The third-order valence-electron chi connectivity index (χ3n) is 5.44. The molecule has 3 heterocycles. The van der Waals surface area contributed by atoms with Crippen LogP contribution in [0, 0.1) is 6.92 Å².